The summed E-state index contributed by atoms with van der Waals surface area (Å²) in [4.78, 5) is 15.9. The van der Waals surface area contributed by atoms with Crippen molar-refractivity contribution in [2.45, 2.75) is 11.8 Å². The SMILES string of the molecule is COC(=O)c1cc(-c2ccc([C@]34CNC[C@H]3C4)cc2)cnc1N. The van der Waals surface area contributed by atoms with Gasteiger partial charge in [0.1, 0.15) is 11.4 Å². The Balaban J connectivity index is 1.65. The topological polar surface area (TPSA) is 77.2 Å². The average Bonchev–Trinajstić information content (AvgIpc) is 3.16. The summed E-state index contributed by atoms with van der Waals surface area (Å²) in [6.07, 6.45) is 2.97. The van der Waals surface area contributed by atoms with E-state index < -0.39 is 5.97 Å². The Bertz CT molecular complexity index is 772. The van der Waals surface area contributed by atoms with Crippen molar-refractivity contribution in [3.8, 4) is 11.1 Å². The highest BCUT2D eigenvalue weighted by Crippen LogP contribution is 2.56. The number of hydrogen-bond donors (Lipinski definition) is 2. The Hall–Kier alpha value is -2.40. The molecule has 1 saturated heterocycles. The van der Waals surface area contributed by atoms with E-state index in [1.54, 1.807) is 12.3 Å². The van der Waals surface area contributed by atoms with Gasteiger partial charge in [-0.1, -0.05) is 24.3 Å². The van der Waals surface area contributed by atoms with Gasteiger partial charge in [0, 0.05) is 23.7 Å². The quantitative estimate of drug-likeness (QED) is 0.848. The van der Waals surface area contributed by atoms with Crippen molar-refractivity contribution in [3.05, 3.63) is 47.7 Å². The number of carbonyl (C=O) groups excluding carboxylic acids is 1. The Kier molecular flexibility index (Phi) is 3.13. The largest absolute Gasteiger partial charge is 0.465 e. The Morgan fingerprint density at radius 1 is 1.35 bits per heavy atom. The fourth-order valence-electron chi connectivity index (χ4n) is 3.69. The van der Waals surface area contributed by atoms with Crippen LogP contribution in [0.15, 0.2) is 36.5 Å². The van der Waals surface area contributed by atoms with Gasteiger partial charge < -0.3 is 15.8 Å². The molecule has 0 amide bonds. The molecule has 23 heavy (non-hydrogen) atoms. The molecule has 0 radical (unpaired) electrons. The highest BCUT2D eigenvalue weighted by molar-refractivity contribution is 5.95. The lowest BCUT2D eigenvalue weighted by atomic mass is 9.93. The Labute approximate surface area is 134 Å². The lowest BCUT2D eigenvalue weighted by Crippen LogP contribution is -2.19. The fourth-order valence-corrected chi connectivity index (χ4v) is 3.69. The number of ether oxygens (including phenoxy) is 1. The molecule has 1 saturated carbocycles. The number of anilines is 1. The first-order valence-electron chi connectivity index (χ1n) is 7.79. The maximum Gasteiger partial charge on any atom is 0.341 e. The Morgan fingerprint density at radius 3 is 2.74 bits per heavy atom. The Morgan fingerprint density at radius 2 is 2.13 bits per heavy atom. The molecule has 118 valence electrons. The highest BCUT2D eigenvalue weighted by atomic mass is 16.5. The summed E-state index contributed by atoms with van der Waals surface area (Å²) in [5.74, 6) is 0.511. The first kappa shape index (κ1) is 14.2. The molecule has 5 heteroatoms. The summed E-state index contributed by atoms with van der Waals surface area (Å²) in [6, 6.07) is 10.3. The number of benzene rings is 1. The summed E-state index contributed by atoms with van der Waals surface area (Å²) in [6.45, 7) is 2.21. The molecule has 2 fully saturated rings. The minimum absolute atomic E-state index is 0.189. The standard InChI is InChI=1S/C18H19N3O2/c1-23-17(22)15-6-12(8-21-16(15)19)11-2-4-13(5-3-11)18-7-14(18)9-20-10-18/h2-6,8,14,20H,7,9-10H2,1H3,(H2,19,21)/t14-,18+/m1/s1. The molecular weight excluding hydrogens is 290 g/mol. The number of nitrogens with zero attached hydrogens (tertiary/aromatic N) is 1. The van der Waals surface area contributed by atoms with Crippen LogP contribution in [0.25, 0.3) is 11.1 Å². The molecular formula is C18H19N3O2. The van der Waals surface area contributed by atoms with Crippen LogP contribution in [0.3, 0.4) is 0 Å². The van der Waals surface area contributed by atoms with Crippen molar-refractivity contribution in [1.82, 2.24) is 10.3 Å². The minimum Gasteiger partial charge on any atom is -0.465 e. The monoisotopic (exact) mass is 309 g/mol. The molecule has 0 bridgehead atoms. The number of methoxy groups -OCH3 is 1. The maximum atomic E-state index is 11.7. The zero-order valence-electron chi connectivity index (χ0n) is 13.0. The van der Waals surface area contributed by atoms with E-state index in [2.05, 4.69) is 34.6 Å². The molecule has 3 N–H and O–H groups in total. The summed E-state index contributed by atoms with van der Waals surface area (Å²) in [5, 5.41) is 3.46. The molecule has 2 heterocycles. The van der Waals surface area contributed by atoms with Crippen LogP contribution in [0.4, 0.5) is 5.82 Å². The summed E-state index contributed by atoms with van der Waals surface area (Å²) in [5.41, 5.74) is 9.69. The van der Waals surface area contributed by atoms with E-state index in [0.29, 0.717) is 11.0 Å². The molecule has 0 spiro atoms. The van der Waals surface area contributed by atoms with Crippen LogP contribution in [0.5, 0.6) is 0 Å². The van der Waals surface area contributed by atoms with Gasteiger partial charge in [0.2, 0.25) is 0 Å². The predicted octanol–water partition coefficient (Wildman–Crippen LogP) is 1.98. The number of aromatic nitrogens is 1. The van der Waals surface area contributed by atoms with E-state index in [9.17, 15) is 4.79 Å². The van der Waals surface area contributed by atoms with E-state index in [4.69, 9.17) is 10.5 Å². The van der Waals surface area contributed by atoms with Crippen LogP contribution >= 0.6 is 0 Å². The molecule has 1 aliphatic heterocycles. The van der Waals surface area contributed by atoms with E-state index in [1.807, 2.05) is 0 Å². The summed E-state index contributed by atoms with van der Waals surface area (Å²) >= 11 is 0. The van der Waals surface area contributed by atoms with E-state index >= 15 is 0 Å². The first-order chi connectivity index (χ1) is 11.1. The van der Waals surface area contributed by atoms with Gasteiger partial charge in [0.25, 0.3) is 0 Å². The van der Waals surface area contributed by atoms with Gasteiger partial charge in [-0.05, 0) is 36.1 Å². The van der Waals surface area contributed by atoms with Gasteiger partial charge in [-0.15, -0.1) is 0 Å². The van der Waals surface area contributed by atoms with Crippen molar-refractivity contribution in [2.75, 3.05) is 25.9 Å². The molecule has 1 aliphatic carbocycles. The van der Waals surface area contributed by atoms with Crippen LogP contribution in [-0.4, -0.2) is 31.2 Å². The second-order valence-electron chi connectivity index (χ2n) is 6.41. The van der Waals surface area contributed by atoms with Crippen LogP contribution in [0.1, 0.15) is 22.3 Å². The molecule has 1 aromatic heterocycles. The summed E-state index contributed by atoms with van der Waals surface area (Å²) in [7, 11) is 1.34. The first-order valence-corrected chi connectivity index (χ1v) is 7.79. The summed E-state index contributed by atoms with van der Waals surface area (Å²) < 4.78 is 4.75. The zero-order chi connectivity index (χ0) is 16.0. The van der Waals surface area contributed by atoms with Gasteiger partial charge in [-0.2, -0.15) is 0 Å². The lowest BCUT2D eigenvalue weighted by molar-refractivity contribution is 0.0601. The van der Waals surface area contributed by atoms with E-state index in [-0.39, 0.29) is 5.82 Å². The number of hydrogen-bond acceptors (Lipinski definition) is 5. The molecule has 0 unspecified atom stereocenters. The second-order valence-corrected chi connectivity index (χ2v) is 6.41. The van der Waals surface area contributed by atoms with Crippen molar-refractivity contribution in [2.24, 2.45) is 5.92 Å². The molecule has 1 aromatic carbocycles. The minimum atomic E-state index is -0.467. The third-order valence-corrected chi connectivity index (χ3v) is 5.18. The van der Waals surface area contributed by atoms with E-state index in [1.165, 1.54) is 19.1 Å². The fraction of sp³-hybridized carbons (Fsp3) is 0.333. The van der Waals surface area contributed by atoms with Crippen molar-refractivity contribution in [1.29, 1.82) is 0 Å². The average molecular weight is 309 g/mol. The number of fused-ring (bicyclic) bond motifs is 1. The predicted molar refractivity (Wildman–Crippen MR) is 88.1 cm³/mol. The van der Waals surface area contributed by atoms with Crippen LogP contribution < -0.4 is 11.1 Å². The molecule has 2 aromatic rings. The van der Waals surface area contributed by atoms with Gasteiger partial charge in [0.15, 0.2) is 0 Å². The number of nitrogens with one attached hydrogen (secondary N) is 1. The normalized spacial score (nSPS) is 25.0. The third kappa shape index (κ3) is 2.19. The van der Waals surface area contributed by atoms with Crippen LogP contribution in [0, 0.1) is 5.92 Å². The number of carbonyl (C=O) groups is 1. The van der Waals surface area contributed by atoms with Gasteiger partial charge in [0.05, 0.1) is 7.11 Å². The van der Waals surface area contributed by atoms with Crippen molar-refractivity contribution in [3.63, 3.8) is 0 Å². The van der Waals surface area contributed by atoms with Crippen molar-refractivity contribution >= 4 is 11.8 Å². The second kappa shape index (κ2) is 5.06. The number of piperidine rings is 1. The van der Waals surface area contributed by atoms with Gasteiger partial charge in [-0.25, -0.2) is 9.78 Å². The van der Waals surface area contributed by atoms with Gasteiger partial charge >= 0.3 is 5.97 Å². The molecule has 2 aliphatic rings. The molecule has 2 atom stereocenters. The number of rotatable bonds is 3. The van der Waals surface area contributed by atoms with Crippen LogP contribution in [-0.2, 0) is 10.2 Å². The number of pyridine rings is 1. The number of nitrogen functional groups attached to an aromatic ring is 1. The lowest BCUT2D eigenvalue weighted by Gasteiger charge is -2.13. The smallest absolute Gasteiger partial charge is 0.341 e. The number of nitrogens with two attached hydrogens (primary N) is 1. The van der Waals surface area contributed by atoms with Crippen LogP contribution in [0.2, 0.25) is 0 Å². The molecule has 4 rings (SSSR count). The maximum absolute atomic E-state index is 11.7. The third-order valence-electron chi connectivity index (χ3n) is 5.18. The van der Waals surface area contributed by atoms with E-state index in [0.717, 1.165) is 30.1 Å². The zero-order valence-corrected chi connectivity index (χ0v) is 13.0. The highest BCUT2D eigenvalue weighted by Gasteiger charge is 2.57. The van der Waals surface area contributed by atoms with Crippen molar-refractivity contribution < 1.29 is 9.53 Å². The number of esters is 1. The molecule has 5 nitrogen and oxygen atoms in total. The van der Waals surface area contributed by atoms with Gasteiger partial charge in [-0.3, -0.25) is 0 Å².